The fraction of sp³-hybridized carbons (Fsp3) is 1.00. The number of ether oxygens (including phenoxy) is 2. The van der Waals surface area contributed by atoms with Gasteiger partial charge in [-0.25, -0.2) is 0 Å². The molecule has 3 nitrogen and oxygen atoms in total. The Labute approximate surface area is 112 Å². The SMILES string of the molecule is CCCCCCCOC1COC2(CCNCC2)C1. The van der Waals surface area contributed by atoms with Crippen LogP contribution in [-0.2, 0) is 9.47 Å². The van der Waals surface area contributed by atoms with Gasteiger partial charge in [0, 0.05) is 13.0 Å². The van der Waals surface area contributed by atoms with E-state index in [1.54, 1.807) is 0 Å². The fourth-order valence-corrected chi connectivity index (χ4v) is 3.10. The second kappa shape index (κ2) is 7.46. The molecule has 0 amide bonds. The van der Waals surface area contributed by atoms with E-state index in [2.05, 4.69) is 12.2 Å². The number of piperidine rings is 1. The summed E-state index contributed by atoms with van der Waals surface area (Å²) >= 11 is 0. The van der Waals surface area contributed by atoms with Crippen molar-refractivity contribution in [1.29, 1.82) is 0 Å². The van der Waals surface area contributed by atoms with Crippen molar-refractivity contribution in [3.05, 3.63) is 0 Å². The zero-order valence-electron chi connectivity index (χ0n) is 11.9. The predicted octanol–water partition coefficient (Wildman–Crippen LogP) is 2.88. The normalized spacial score (nSPS) is 26.8. The molecule has 1 unspecified atom stereocenters. The topological polar surface area (TPSA) is 30.5 Å². The molecule has 1 N–H and O–H groups in total. The van der Waals surface area contributed by atoms with Gasteiger partial charge in [-0.1, -0.05) is 32.6 Å². The Kier molecular flexibility index (Phi) is 5.93. The average Bonchev–Trinajstić information content (AvgIpc) is 2.78. The average molecular weight is 255 g/mol. The molecule has 1 atom stereocenters. The van der Waals surface area contributed by atoms with E-state index >= 15 is 0 Å². The molecule has 106 valence electrons. The molecule has 0 aromatic rings. The van der Waals surface area contributed by atoms with Gasteiger partial charge in [-0.2, -0.15) is 0 Å². The van der Waals surface area contributed by atoms with E-state index in [1.165, 1.54) is 32.1 Å². The van der Waals surface area contributed by atoms with Crippen molar-refractivity contribution in [3.8, 4) is 0 Å². The lowest BCUT2D eigenvalue weighted by atomic mass is 9.89. The quantitative estimate of drug-likeness (QED) is 0.710. The maximum Gasteiger partial charge on any atom is 0.0836 e. The van der Waals surface area contributed by atoms with Crippen LogP contribution >= 0.6 is 0 Å². The third-order valence-electron chi connectivity index (χ3n) is 4.29. The van der Waals surface area contributed by atoms with Gasteiger partial charge in [-0.05, 0) is 32.4 Å². The molecule has 2 rings (SSSR count). The Morgan fingerprint density at radius 3 is 2.72 bits per heavy atom. The van der Waals surface area contributed by atoms with E-state index in [9.17, 15) is 0 Å². The molecular formula is C15H29NO2. The minimum absolute atomic E-state index is 0.151. The number of unbranched alkanes of at least 4 members (excludes halogenated alkanes) is 4. The second-order valence-corrected chi connectivity index (χ2v) is 5.86. The van der Waals surface area contributed by atoms with Gasteiger partial charge in [0.05, 0.1) is 18.3 Å². The molecule has 2 heterocycles. The molecule has 3 heteroatoms. The lowest BCUT2D eigenvalue weighted by Crippen LogP contribution is -2.41. The fourth-order valence-electron chi connectivity index (χ4n) is 3.10. The first kappa shape index (κ1) is 14.3. The van der Waals surface area contributed by atoms with Crippen LogP contribution < -0.4 is 5.32 Å². The largest absolute Gasteiger partial charge is 0.376 e. The van der Waals surface area contributed by atoms with Crippen LogP contribution in [0.4, 0.5) is 0 Å². The third kappa shape index (κ3) is 4.22. The van der Waals surface area contributed by atoms with E-state index in [-0.39, 0.29) is 5.60 Å². The lowest BCUT2D eigenvalue weighted by Gasteiger charge is -2.32. The molecule has 2 saturated heterocycles. The maximum absolute atomic E-state index is 6.02. The van der Waals surface area contributed by atoms with Crippen molar-refractivity contribution >= 4 is 0 Å². The standard InChI is InChI=1S/C15H29NO2/c1-2-3-4-5-6-11-17-14-12-15(18-13-14)7-9-16-10-8-15/h14,16H,2-13H2,1H3. The zero-order valence-corrected chi connectivity index (χ0v) is 11.9. The van der Waals surface area contributed by atoms with Crippen molar-refractivity contribution in [1.82, 2.24) is 5.32 Å². The molecule has 2 fully saturated rings. The summed E-state index contributed by atoms with van der Waals surface area (Å²) in [5.41, 5.74) is 0.151. The zero-order chi connectivity index (χ0) is 12.7. The molecule has 0 bridgehead atoms. The van der Waals surface area contributed by atoms with Gasteiger partial charge in [0.25, 0.3) is 0 Å². The van der Waals surface area contributed by atoms with Crippen LogP contribution in [-0.4, -0.2) is 38.0 Å². The summed E-state index contributed by atoms with van der Waals surface area (Å²) in [4.78, 5) is 0. The molecule has 2 aliphatic rings. The second-order valence-electron chi connectivity index (χ2n) is 5.86. The monoisotopic (exact) mass is 255 g/mol. The molecule has 0 radical (unpaired) electrons. The van der Waals surface area contributed by atoms with E-state index in [1.807, 2.05) is 0 Å². The van der Waals surface area contributed by atoms with Gasteiger partial charge in [0.2, 0.25) is 0 Å². The number of hydrogen-bond acceptors (Lipinski definition) is 3. The highest BCUT2D eigenvalue weighted by atomic mass is 16.6. The summed E-state index contributed by atoms with van der Waals surface area (Å²) < 4.78 is 12.0. The maximum atomic E-state index is 6.02. The minimum Gasteiger partial charge on any atom is -0.376 e. The summed E-state index contributed by atoms with van der Waals surface area (Å²) in [6.45, 7) is 6.19. The summed E-state index contributed by atoms with van der Waals surface area (Å²) in [6, 6.07) is 0. The highest BCUT2D eigenvalue weighted by molar-refractivity contribution is 4.93. The molecule has 0 aromatic carbocycles. The van der Waals surface area contributed by atoms with Crippen molar-refractivity contribution < 1.29 is 9.47 Å². The number of nitrogens with one attached hydrogen (secondary N) is 1. The van der Waals surface area contributed by atoms with Crippen molar-refractivity contribution in [2.75, 3.05) is 26.3 Å². The van der Waals surface area contributed by atoms with Gasteiger partial charge >= 0.3 is 0 Å². The molecule has 2 aliphatic heterocycles. The first-order valence-corrected chi connectivity index (χ1v) is 7.81. The highest BCUT2D eigenvalue weighted by Crippen LogP contribution is 2.35. The van der Waals surface area contributed by atoms with Crippen LogP contribution in [0.25, 0.3) is 0 Å². The van der Waals surface area contributed by atoms with Crippen LogP contribution in [0.1, 0.15) is 58.3 Å². The van der Waals surface area contributed by atoms with Gasteiger partial charge in [0.1, 0.15) is 0 Å². The molecule has 0 saturated carbocycles. The van der Waals surface area contributed by atoms with Crippen molar-refractivity contribution in [2.45, 2.75) is 70.0 Å². The third-order valence-corrected chi connectivity index (χ3v) is 4.29. The molecule has 0 aromatic heterocycles. The molecular weight excluding hydrogens is 226 g/mol. The Balaban J connectivity index is 1.55. The number of hydrogen-bond donors (Lipinski definition) is 1. The molecule has 18 heavy (non-hydrogen) atoms. The Bertz CT molecular complexity index is 227. The van der Waals surface area contributed by atoms with Gasteiger partial charge in [-0.3, -0.25) is 0 Å². The highest BCUT2D eigenvalue weighted by Gasteiger charge is 2.41. The van der Waals surface area contributed by atoms with Crippen LogP contribution in [0.3, 0.4) is 0 Å². The van der Waals surface area contributed by atoms with E-state index in [0.29, 0.717) is 6.10 Å². The molecule has 1 spiro atoms. The smallest absolute Gasteiger partial charge is 0.0836 e. The predicted molar refractivity (Wildman–Crippen MR) is 73.9 cm³/mol. The lowest BCUT2D eigenvalue weighted by molar-refractivity contribution is -0.0234. The van der Waals surface area contributed by atoms with E-state index in [4.69, 9.17) is 9.47 Å². The summed E-state index contributed by atoms with van der Waals surface area (Å²) in [6.07, 6.45) is 10.3. The van der Waals surface area contributed by atoms with E-state index in [0.717, 1.165) is 45.6 Å². The van der Waals surface area contributed by atoms with E-state index < -0.39 is 0 Å². The van der Waals surface area contributed by atoms with Crippen LogP contribution in [0.5, 0.6) is 0 Å². The summed E-state index contributed by atoms with van der Waals surface area (Å²) in [7, 11) is 0. The van der Waals surface area contributed by atoms with Gasteiger partial charge in [-0.15, -0.1) is 0 Å². The minimum atomic E-state index is 0.151. The summed E-state index contributed by atoms with van der Waals surface area (Å²) in [5.74, 6) is 0. The first-order chi connectivity index (χ1) is 8.85. The van der Waals surface area contributed by atoms with Crippen LogP contribution in [0, 0.1) is 0 Å². The van der Waals surface area contributed by atoms with Crippen molar-refractivity contribution in [3.63, 3.8) is 0 Å². The van der Waals surface area contributed by atoms with Crippen molar-refractivity contribution in [2.24, 2.45) is 0 Å². The van der Waals surface area contributed by atoms with Gasteiger partial charge < -0.3 is 14.8 Å². The number of rotatable bonds is 7. The van der Waals surface area contributed by atoms with Gasteiger partial charge in [0.15, 0.2) is 0 Å². The first-order valence-electron chi connectivity index (χ1n) is 7.81. The Morgan fingerprint density at radius 1 is 1.17 bits per heavy atom. The Hall–Kier alpha value is -0.120. The van der Waals surface area contributed by atoms with Crippen LogP contribution in [0.2, 0.25) is 0 Å². The van der Waals surface area contributed by atoms with Crippen LogP contribution in [0.15, 0.2) is 0 Å². The Morgan fingerprint density at radius 2 is 1.94 bits per heavy atom. The summed E-state index contributed by atoms with van der Waals surface area (Å²) in [5, 5.41) is 3.40. The molecule has 0 aliphatic carbocycles.